The van der Waals surface area contributed by atoms with Gasteiger partial charge in [-0.25, -0.2) is 4.39 Å². The predicted octanol–water partition coefficient (Wildman–Crippen LogP) is 2.53. The van der Waals surface area contributed by atoms with Gasteiger partial charge in [0.1, 0.15) is 18.2 Å². The summed E-state index contributed by atoms with van der Waals surface area (Å²) in [7, 11) is 0. The van der Waals surface area contributed by atoms with E-state index in [0.29, 0.717) is 10.8 Å². The molecule has 0 saturated heterocycles. The van der Waals surface area contributed by atoms with Crippen LogP contribution in [0.25, 0.3) is 0 Å². The molecule has 0 heterocycles. The molecule has 0 fully saturated rings. The fourth-order valence-corrected chi connectivity index (χ4v) is 1.09. The van der Waals surface area contributed by atoms with Crippen LogP contribution in [0, 0.1) is 0 Å². The lowest BCUT2D eigenvalue weighted by Crippen LogP contribution is -2.01. The first kappa shape index (κ1) is 11.0. The summed E-state index contributed by atoms with van der Waals surface area (Å²) >= 11 is 5.79. The molecule has 1 rings (SSSR count). The molecular formula is C10H11ClFNO. The van der Waals surface area contributed by atoms with Crippen LogP contribution in [0.5, 0.6) is 5.75 Å². The Morgan fingerprint density at radius 2 is 2.21 bits per heavy atom. The molecule has 14 heavy (non-hydrogen) atoms. The Bertz CT molecular complexity index is 328. The lowest BCUT2D eigenvalue weighted by molar-refractivity contribution is 0.318. The number of rotatable bonds is 4. The lowest BCUT2D eigenvalue weighted by atomic mass is 10.3. The zero-order chi connectivity index (χ0) is 10.4. The third-order valence-corrected chi connectivity index (χ3v) is 1.85. The average Bonchev–Trinajstić information content (AvgIpc) is 2.17. The Morgan fingerprint density at radius 3 is 2.86 bits per heavy atom. The van der Waals surface area contributed by atoms with Gasteiger partial charge in [0.25, 0.3) is 0 Å². The highest BCUT2D eigenvalue weighted by Crippen LogP contribution is 2.23. The molecule has 0 spiro atoms. The van der Waals surface area contributed by atoms with Crippen molar-refractivity contribution in [3.8, 4) is 5.75 Å². The van der Waals surface area contributed by atoms with Crippen molar-refractivity contribution in [1.29, 1.82) is 0 Å². The number of nitrogens with two attached hydrogens (primary N) is 1. The first-order chi connectivity index (χ1) is 6.74. The first-order valence-corrected chi connectivity index (χ1v) is 4.53. The monoisotopic (exact) mass is 215 g/mol. The SMILES string of the molecule is NCC=C(F)COc1ccccc1Cl. The third-order valence-electron chi connectivity index (χ3n) is 1.54. The van der Waals surface area contributed by atoms with Gasteiger partial charge in [-0.15, -0.1) is 0 Å². The van der Waals surface area contributed by atoms with Crippen molar-refractivity contribution in [2.45, 2.75) is 0 Å². The average molecular weight is 216 g/mol. The van der Waals surface area contributed by atoms with Gasteiger partial charge in [0.05, 0.1) is 5.02 Å². The van der Waals surface area contributed by atoms with Crippen molar-refractivity contribution in [2.75, 3.05) is 13.2 Å². The highest BCUT2D eigenvalue weighted by Gasteiger charge is 2.00. The van der Waals surface area contributed by atoms with Gasteiger partial charge < -0.3 is 10.5 Å². The third kappa shape index (κ3) is 3.36. The van der Waals surface area contributed by atoms with E-state index in [1.807, 2.05) is 0 Å². The lowest BCUT2D eigenvalue weighted by Gasteiger charge is -2.05. The van der Waals surface area contributed by atoms with Gasteiger partial charge >= 0.3 is 0 Å². The van der Waals surface area contributed by atoms with Crippen molar-refractivity contribution in [1.82, 2.24) is 0 Å². The predicted molar refractivity (Wildman–Crippen MR) is 55.2 cm³/mol. The summed E-state index contributed by atoms with van der Waals surface area (Å²) in [6.45, 7) is 0.0264. The van der Waals surface area contributed by atoms with E-state index in [1.54, 1.807) is 24.3 Å². The number of hydrogen-bond acceptors (Lipinski definition) is 2. The summed E-state index contributed by atoms with van der Waals surface area (Å²) in [6.07, 6.45) is 1.26. The van der Waals surface area contributed by atoms with Crippen LogP contribution in [0.3, 0.4) is 0 Å². The van der Waals surface area contributed by atoms with E-state index in [4.69, 9.17) is 22.1 Å². The number of para-hydroxylation sites is 1. The van der Waals surface area contributed by atoms with Crippen molar-refractivity contribution in [2.24, 2.45) is 5.73 Å². The van der Waals surface area contributed by atoms with Crippen LogP contribution >= 0.6 is 11.6 Å². The van der Waals surface area contributed by atoms with Crippen molar-refractivity contribution in [3.63, 3.8) is 0 Å². The Kier molecular flexibility index (Phi) is 4.43. The van der Waals surface area contributed by atoms with Crippen LogP contribution in [-0.2, 0) is 0 Å². The summed E-state index contributed by atoms with van der Waals surface area (Å²) in [6, 6.07) is 6.91. The van der Waals surface area contributed by atoms with Crippen LogP contribution in [0.2, 0.25) is 5.02 Å². The van der Waals surface area contributed by atoms with Gasteiger partial charge in [-0.05, 0) is 18.2 Å². The summed E-state index contributed by atoms with van der Waals surface area (Å²) < 4.78 is 18.0. The van der Waals surface area contributed by atoms with Gasteiger partial charge in [0.2, 0.25) is 0 Å². The van der Waals surface area contributed by atoms with E-state index in [1.165, 1.54) is 6.08 Å². The standard InChI is InChI=1S/C10H11ClFNO/c11-9-3-1-2-4-10(9)14-7-8(12)5-6-13/h1-5H,6-7,13H2. The molecular weight excluding hydrogens is 205 g/mol. The van der Waals surface area contributed by atoms with Crippen LogP contribution in [0.1, 0.15) is 0 Å². The minimum absolute atomic E-state index is 0.138. The molecule has 0 radical (unpaired) electrons. The quantitative estimate of drug-likeness (QED) is 0.838. The smallest absolute Gasteiger partial charge is 0.139 e. The largest absolute Gasteiger partial charge is 0.485 e. The van der Waals surface area contributed by atoms with Gasteiger partial charge in [-0.1, -0.05) is 23.7 Å². The molecule has 0 aromatic heterocycles. The van der Waals surface area contributed by atoms with E-state index in [0.717, 1.165) is 0 Å². The molecule has 0 bridgehead atoms. The molecule has 2 N–H and O–H groups in total. The minimum Gasteiger partial charge on any atom is -0.485 e. The molecule has 0 atom stereocenters. The van der Waals surface area contributed by atoms with E-state index in [2.05, 4.69) is 0 Å². The highest BCUT2D eigenvalue weighted by molar-refractivity contribution is 6.32. The van der Waals surface area contributed by atoms with E-state index in [-0.39, 0.29) is 13.2 Å². The Morgan fingerprint density at radius 1 is 1.50 bits per heavy atom. The van der Waals surface area contributed by atoms with Crippen molar-refractivity contribution in [3.05, 3.63) is 41.2 Å². The number of hydrogen-bond donors (Lipinski definition) is 1. The molecule has 76 valence electrons. The Balaban J connectivity index is 2.54. The fourth-order valence-electron chi connectivity index (χ4n) is 0.895. The molecule has 1 aromatic carbocycles. The zero-order valence-electron chi connectivity index (χ0n) is 7.54. The second-order valence-corrected chi connectivity index (χ2v) is 3.01. The zero-order valence-corrected chi connectivity index (χ0v) is 8.30. The number of benzene rings is 1. The number of halogens is 2. The number of ether oxygens (including phenoxy) is 1. The topological polar surface area (TPSA) is 35.2 Å². The van der Waals surface area contributed by atoms with Gasteiger partial charge in [0.15, 0.2) is 0 Å². The Hall–Kier alpha value is -1.06. The molecule has 1 aromatic rings. The maximum atomic E-state index is 12.8. The summed E-state index contributed by atoms with van der Waals surface area (Å²) in [5.74, 6) is 0.0714. The molecule has 2 nitrogen and oxygen atoms in total. The molecule has 0 unspecified atom stereocenters. The molecule has 0 amide bonds. The van der Waals surface area contributed by atoms with Gasteiger partial charge in [-0.3, -0.25) is 0 Å². The molecule has 0 aliphatic rings. The van der Waals surface area contributed by atoms with E-state index < -0.39 is 5.83 Å². The van der Waals surface area contributed by atoms with Crippen LogP contribution in [0.15, 0.2) is 36.2 Å². The summed E-state index contributed by atoms with van der Waals surface area (Å²) in [5, 5.41) is 0.466. The maximum absolute atomic E-state index is 12.8. The molecule has 4 heteroatoms. The van der Waals surface area contributed by atoms with Crippen LogP contribution < -0.4 is 10.5 Å². The second kappa shape index (κ2) is 5.62. The normalized spacial score (nSPS) is 11.5. The summed E-state index contributed by atoms with van der Waals surface area (Å²) in [4.78, 5) is 0. The van der Waals surface area contributed by atoms with Crippen molar-refractivity contribution < 1.29 is 9.13 Å². The Labute approximate surface area is 87.1 Å². The first-order valence-electron chi connectivity index (χ1n) is 4.16. The van der Waals surface area contributed by atoms with Crippen LogP contribution in [-0.4, -0.2) is 13.2 Å². The van der Waals surface area contributed by atoms with Crippen molar-refractivity contribution >= 4 is 11.6 Å². The van der Waals surface area contributed by atoms with E-state index in [9.17, 15) is 4.39 Å². The van der Waals surface area contributed by atoms with Crippen LogP contribution in [0.4, 0.5) is 4.39 Å². The summed E-state index contributed by atoms with van der Waals surface area (Å²) in [5.41, 5.74) is 5.13. The van der Waals surface area contributed by atoms with Gasteiger partial charge in [-0.2, -0.15) is 0 Å². The molecule has 0 aliphatic carbocycles. The highest BCUT2D eigenvalue weighted by atomic mass is 35.5. The minimum atomic E-state index is -0.396. The molecule has 0 saturated carbocycles. The fraction of sp³-hybridized carbons (Fsp3) is 0.200. The van der Waals surface area contributed by atoms with E-state index >= 15 is 0 Å². The maximum Gasteiger partial charge on any atom is 0.139 e. The van der Waals surface area contributed by atoms with Gasteiger partial charge in [0, 0.05) is 6.54 Å². The second-order valence-electron chi connectivity index (χ2n) is 2.61. The molecule has 0 aliphatic heterocycles.